The number of amides is 1. The number of likely N-dealkylation sites (N-methyl/N-ethyl adjacent to an activating group) is 1. The number of nitrogens with one attached hydrogen (secondary N) is 1. The number of hydrogen-bond donors (Lipinski definition) is 1. The van der Waals surface area contributed by atoms with Crippen LogP contribution in [-0.4, -0.2) is 42.0 Å². The molecule has 1 heterocycles. The molecule has 0 saturated carbocycles. The first-order valence-corrected chi connectivity index (χ1v) is 7.75. The van der Waals surface area contributed by atoms with Gasteiger partial charge in [-0.15, -0.1) is 0 Å². The summed E-state index contributed by atoms with van der Waals surface area (Å²) in [6.45, 7) is 1.92. The molecule has 1 unspecified atom stereocenters. The molecular weight excluding hydrogens is 350 g/mol. The first-order chi connectivity index (χ1) is 9.84. The van der Waals surface area contributed by atoms with Crippen molar-refractivity contribution in [2.75, 3.05) is 21.1 Å². The maximum atomic E-state index is 12.6. The number of benzene rings is 1. The van der Waals surface area contributed by atoms with Crippen molar-refractivity contribution in [3.63, 3.8) is 0 Å². The number of rotatable bonds is 2. The molecule has 1 aliphatic rings. The summed E-state index contributed by atoms with van der Waals surface area (Å²) >= 11 is 8.93. The van der Waals surface area contributed by atoms with Crippen LogP contribution in [0.15, 0.2) is 40.0 Å². The quantitative estimate of drug-likeness (QED) is 0.815. The van der Waals surface area contributed by atoms with Gasteiger partial charge in [0.2, 0.25) is 0 Å². The molecule has 1 atom stereocenters. The first kappa shape index (κ1) is 16.0. The van der Waals surface area contributed by atoms with Crippen molar-refractivity contribution in [2.45, 2.75) is 13.0 Å². The number of carbonyl (C=O) groups excluding carboxylic acids is 1. The van der Waals surface area contributed by atoms with E-state index >= 15 is 0 Å². The lowest BCUT2D eigenvalue weighted by Gasteiger charge is -2.36. The molecule has 0 saturated heterocycles. The molecule has 0 aromatic heterocycles. The van der Waals surface area contributed by atoms with Crippen LogP contribution >= 0.6 is 28.1 Å². The maximum Gasteiger partial charge on any atom is 0.253 e. The molecule has 0 fully saturated rings. The number of carbonyl (C=O) groups is 1. The first-order valence-electron chi connectivity index (χ1n) is 6.55. The summed E-state index contributed by atoms with van der Waals surface area (Å²) in [4.78, 5) is 16.0. The van der Waals surface area contributed by atoms with Crippen LogP contribution in [0.25, 0.3) is 0 Å². The minimum absolute atomic E-state index is 0.0184. The number of allylic oxidation sites excluding steroid dienone is 1. The summed E-state index contributed by atoms with van der Waals surface area (Å²) in [5, 5.41) is 3.88. The summed E-state index contributed by atoms with van der Waals surface area (Å²) < 4.78 is 0.951. The molecule has 112 valence electrons. The van der Waals surface area contributed by atoms with Crippen LogP contribution in [-0.2, 0) is 4.79 Å². The number of halogens is 1. The molecule has 1 aromatic carbocycles. The molecule has 0 aliphatic carbocycles. The minimum atomic E-state index is -0.251. The van der Waals surface area contributed by atoms with Gasteiger partial charge in [-0.2, -0.15) is 0 Å². The highest BCUT2D eigenvalue weighted by molar-refractivity contribution is 9.10. The fourth-order valence-corrected chi connectivity index (χ4v) is 3.06. The molecule has 0 spiro atoms. The number of nitrogens with zero attached hydrogens (tertiary/aromatic N) is 2. The van der Waals surface area contributed by atoms with Gasteiger partial charge >= 0.3 is 0 Å². The van der Waals surface area contributed by atoms with Gasteiger partial charge in [-0.3, -0.25) is 4.79 Å². The molecule has 1 N–H and O–H groups in total. The van der Waals surface area contributed by atoms with E-state index < -0.39 is 0 Å². The van der Waals surface area contributed by atoms with E-state index in [1.807, 2.05) is 43.1 Å². The van der Waals surface area contributed by atoms with Gasteiger partial charge in [0.25, 0.3) is 5.91 Å². The zero-order chi connectivity index (χ0) is 15.7. The van der Waals surface area contributed by atoms with Gasteiger partial charge < -0.3 is 15.1 Å². The Kier molecular flexibility index (Phi) is 4.68. The van der Waals surface area contributed by atoms with Gasteiger partial charge in [0.05, 0.1) is 11.6 Å². The molecule has 1 aliphatic heterocycles. The second kappa shape index (κ2) is 6.15. The van der Waals surface area contributed by atoms with E-state index in [1.54, 1.807) is 19.0 Å². The summed E-state index contributed by atoms with van der Waals surface area (Å²) in [5.41, 5.74) is 2.58. The summed E-state index contributed by atoms with van der Waals surface area (Å²) in [5.74, 6) is -0.0184. The Balaban J connectivity index is 2.60. The summed E-state index contributed by atoms with van der Waals surface area (Å²) in [6, 6.07) is 7.61. The Morgan fingerprint density at radius 3 is 2.57 bits per heavy atom. The molecule has 4 nitrogen and oxygen atoms in total. The summed E-state index contributed by atoms with van der Waals surface area (Å²) in [7, 11) is 5.38. The standard InChI is InChI=1S/C15H18BrN3OS/c1-9-12(14(20)18(2)3)13(17-15(21)19(9)4)10-7-5-6-8-11(10)16/h5-8,13H,1-4H3,(H,17,21). The van der Waals surface area contributed by atoms with Crippen LogP contribution < -0.4 is 5.32 Å². The smallest absolute Gasteiger partial charge is 0.253 e. The zero-order valence-electron chi connectivity index (χ0n) is 12.5. The second-order valence-corrected chi connectivity index (χ2v) is 6.40. The number of thiocarbonyl (C=S) groups is 1. The Morgan fingerprint density at radius 1 is 1.38 bits per heavy atom. The molecule has 0 bridgehead atoms. The Labute approximate surface area is 138 Å². The highest BCUT2D eigenvalue weighted by Crippen LogP contribution is 2.34. The Bertz CT molecular complexity index is 627. The van der Waals surface area contributed by atoms with Crippen LogP contribution in [0.1, 0.15) is 18.5 Å². The van der Waals surface area contributed by atoms with E-state index in [0.29, 0.717) is 10.7 Å². The fraction of sp³-hybridized carbons (Fsp3) is 0.333. The highest BCUT2D eigenvalue weighted by Gasteiger charge is 2.33. The van der Waals surface area contributed by atoms with Gasteiger partial charge in [0, 0.05) is 31.3 Å². The summed E-state index contributed by atoms with van der Waals surface area (Å²) in [6.07, 6.45) is 0. The van der Waals surface area contributed by atoms with Crippen molar-refractivity contribution < 1.29 is 4.79 Å². The number of hydrogen-bond acceptors (Lipinski definition) is 2. The van der Waals surface area contributed by atoms with Crippen LogP contribution in [0.3, 0.4) is 0 Å². The van der Waals surface area contributed by atoms with Crippen molar-refractivity contribution in [1.82, 2.24) is 15.1 Å². The van der Waals surface area contributed by atoms with Crippen molar-refractivity contribution >= 4 is 39.2 Å². The predicted octanol–water partition coefficient (Wildman–Crippen LogP) is 2.67. The molecule has 6 heteroatoms. The highest BCUT2D eigenvalue weighted by atomic mass is 79.9. The van der Waals surface area contributed by atoms with Crippen molar-refractivity contribution in [1.29, 1.82) is 0 Å². The van der Waals surface area contributed by atoms with Gasteiger partial charge in [-0.25, -0.2) is 0 Å². The average Bonchev–Trinajstić information content (AvgIpc) is 2.44. The van der Waals surface area contributed by atoms with Crippen LogP contribution in [0.2, 0.25) is 0 Å². The van der Waals surface area contributed by atoms with E-state index in [4.69, 9.17) is 12.2 Å². The Morgan fingerprint density at radius 2 is 2.00 bits per heavy atom. The van der Waals surface area contributed by atoms with E-state index in [1.165, 1.54) is 0 Å². The molecule has 1 aromatic rings. The molecule has 0 radical (unpaired) electrons. The SMILES string of the molecule is CC1=C(C(=O)N(C)C)C(c2ccccc2Br)NC(=S)N1C. The largest absolute Gasteiger partial charge is 0.351 e. The van der Waals surface area contributed by atoms with Crippen molar-refractivity contribution in [3.8, 4) is 0 Å². The monoisotopic (exact) mass is 367 g/mol. The average molecular weight is 368 g/mol. The van der Waals surface area contributed by atoms with E-state index in [9.17, 15) is 4.79 Å². The van der Waals surface area contributed by atoms with E-state index in [2.05, 4.69) is 21.2 Å². The lowest BCUT2D eigenvalue weighted by molar-refractivity contribution is -0.125. The molecule has 21 heavy (non-hydrogen) atoms. The molecule has 2 rings (SSSR count). The third kappa shape index (κ3) is 2.96. The Hall–Kier alpha value is -1.40. The fourth-order valence-electron chi connectivity index (χ4n) is 2.30. The van der Waals surface area contributed by atoms with E-state index in [-0.39, 0.29) is 11.9 Å². The van der Waals surface area contributed by atoms with E-state index in [0.717, 1.165) is 15.7 Å². The van der Waals surface area contributed by atoms with Crippen LogP contribution in [0.4, 0.5) is 0 Å². The van der Waals surface area contributed by atoms with Crippen molar-refractivity contribution in [3.05, 3.63) is 45.6 Å². The van der Waals surface area contributed by atoms with Crippen molar-refractivity contribution in [2.24, 2.45) is 0 Å². The predicted molar refractivity (Wildman–Crippen MR) is 91.8 cm³/mol. The molecule has 1 amide bonds. The van der Waals surface area contributed by atoms with Gasteiger partial charge in [-0.1, -0.05) is 34.1 Å². The van der Waals surface area contributed by atoms with Crippen LogP contribution in [0.5, 0.6) is 0 Å². The van der Waals surface area contributed by atoms with Gasteiger partial charge in [0.15, 0.2) is 5.11 Å². The molecular formula is C15H18BrN3OS. The third-order valence-electron chi connectivity index (χ3n) is 3.61. The van der Waals surface area contributed by atoms with Gasteiger partial charge in [0.1, 0.15) is 0 Å². The minimum Gasteiger partial charge on any atom is -0.351 e. The second-order valence-electron chi connectivity index (χ2n) is 5.16. The zero-order valence-corrected chi connectivity index (χ0v) is 14.9. The van der Waals surface area contributed by atoms with Gasteiger partial charge in [-0.05, 0) is 30.8 Å². The topological polar surface area (TPSA) is 35.6 Å². The lowest BCUT2D eigenvalue weighted by atomic mass is 9.94. The maximum absolute atomic E-state index is 12.6. The third-order valence-corrected chi connectivity index (χ3v) is 4.72. The van der Waals surface area contributed by atoms with Crippen LogP contribution in [0, 0.1) is 0 Å². The normalized spacial score (nSPS) is 18.6. The lowest BCUT2D eigenvalue weighted by Crippen LogP contribution is -2.47.